The minimum absolute atomic E-state index is 0.223. The van der Waals surface area contributed by atoms with Crippen LogP contribution in [0.1, 0.15) is 36.6 Å². The largest absolute Gasteiger partial charge is 0.485 e. The van der Waals surface area contributed by atoms with Crippen molar-refractivity contribution in [3.05, 3.63) is 94.5 Å². The number of halogens is 1. The molecule has 0 bridgehead atoms. The maximum Gasteiger partial charge on any atom is 0.209 e. The fourth-order valence-corrected chi connectivity index (χ4v) is 3.98. The van der Waals surface area contributed by atoms with E-state index in [2.05, 4.69) is 22.8 Å². The topological polar surface area (TPSA) is 89.7 Å². The Bertz CT molecular complexity index is 1190. The van der Waals surface area contributed by atoms with Crippen molar-refractivity contribution >= 4 is 23.2 Å². The second-order valence-corrected chi connectivity index (χ2v) is 8.91. The third kappa shape index (κ3) is 5.28. The van der Waals surface area contributed by atoms with E-state index in [4.69, 9.17) is 21.3 Å². The summed E-state index contributed by atoms with van der Waals surface area (Å²) in [5, 5.41) is 26.7. The van der Waals surface area contributed by atoms with Gasteiger partial charge in [0.05, 0.1) is 0 Å². The van der Waals surface area contributed by atoms with Gasteiger partial charge in [-0.1, -0.05) is 48.0 Å². The Morgan fingerprint density at radius 2 is 1.82 bits per heavy atom. The summed E-state index contributed by atoms with van der Waals surface area (Å²) >= 11 is 5.97. The highest BCUT2D eigenvalue weighted by Crippen LogP contribution is 2.42. The van der Waals surface area contributed by atoms with Crippen LogP contribution in [-0.4, -0.2) is 22.8 Å². The molecule has 168 valence electrons. The predicted molar refractivity (Wildman–Crippen MR) is 130 cm³/mol. The van der Waals surface area contributed by atoms with Crippen molar-refractivity contribution in [3.8, 4) is 11.9 Å². The van der Waals surface area contributed by atoms with Gasteiger partial charge in [0.25, 0.3) is 0 Å². The molecule has 0 spiro atoms. The smallest absolute Gasteiger partial charge is 0.209 e. The van der Waals surface area contributed by atoms with Crippen molar-refractivity contribution in [2.75, 3.05) is 5.32 Å². The van der Waals surface area contributed by atoms with Crippen LogP contribution in [0.2, 0.25) is 5.02 Å². The molecular formula is C26H25ClN4O2. The third-order valence-corrected chi connectivity index (χ3v) is 5.83. The van der Waals surface area contributed by atoms with Crippen LogP contribution < -0.4 is 15.4 Å². The summed E-state index contributed by atoms with van der Waals surface area (Å²) in [6, 6.07) is 22.5. The van der Waals surface area contributed by atoms with Crippen molar-refractivity contribution in [1.29, 1.82) is 5.26 Å². The number of aliphatic imine (C=N–C) groups is 1. The first kappa shape index (κ1) is 22.7. The number of guanidine groups is 1. The van der Waals surface area contributed by atoms with Gasteiger partial charge < -0.3 is 15.2 Å². The second kappa shape index (κ2) is 9.53. The summed E-state index contributed by atoms with van der Waals surface area (Å²) in [7, 11) is 0. The minimum Gasteiger partial charge on any atom is -0.485 e. The first-order valence-electron chi connectivity index (χ1n) is 10.6. The normalized spacial score (nSPS) is 19.1. The molecule has 0 unspecified atom stereocenters. The van der Waals surface area contributed by atoms with Gasteiger partial charge in [-0.3, -0.25) is 5.32 Å². The van der Waals surface area contributed by atoms with E-state index < -0.39 is 17.7 Å². The van der Waals surface area contributed by atoms with Gasteiger partial charge in [-0.25, -0.2) is 4.99 Å². The van der Waals surface area contributed by atoms with E-state index in [0.29, 0.717) is 16.5 Å². The van der Waals surface area contributed by atoms with E-state index >= 15 is 0 Å². The molecule has 1 aliphatic rings. The SMILES string of the molecule is CC1(C)Oc2ccc(Cc3ccccc3)cc2[C@@H](N=C(NC#N)Nc2ccc(Cl)cc2)[C@@H]1O. The molecule has 1 heterocycles. The zero-order valence-corrected chi connectivity index (χ0v) is 19.2. The number of anilines is 1. The summed E-state index contributed by atoms with van der Waals surface area (Å²) in [4.78, 5) is 4.72. The van der Waals surface area contributed by atoms with Crippen LogP contribution in [-0.2, 0) is 6.42 Å². The molecule has 0 aliphatic carbocycles. The number of rotatable bonds is 4. The van der Waals surface area contributed by atoms with Crippen LogP contribution in [0.4, 0.5) is 5.69 Å². The predicted octanol–water partition coefficient (Wildman–Crippen LogP) is 5.04. The Labute approximate surface area is 198 Å². The van der Waals surface area contributed by atoms with Gasteiger partial charge in [-0.15, -0.1) is 0 Å². The minimum atomic E-state index is -0.931. The lowest BCUT2D eigenvalue weighted by Gasteiger charge is -2.41. The molecule has 3 aromatic carbocycles. The summed E-state index contributed by atoms with van der Waals surface area (Å²) in [6.07, 6.45) is 1.73. The first-order valence-corrected chi connectivity index (χ1v) is 11.0. The standard InChI is InChI=1S/C26H25ClN4O2/c1-26(2)24(32)23(31-25(29-16-28)30-20-11-9-19(27)10-12-20)21-15-18(8-13-22(21)33-26)14-17-6-4-3-5-7-17/h3-13,15,23-24,32H,14H2,1-2H3,(H2,29,30,31)/t23-,24+/m1/s1. The molecule has 1 aliphatic heterocycles. The van der Waals surface area contributed by atoms with Crippen molar-refractivity contribution in [1.82, 2.24) is 5.32 Å². The fourth-order valence-electron chi connectivity index (χ4n) is 3.86. The lowest BCUT2D eigenvalue weighted by Crippen LogP contribution is -2.49. The lowest BCUT2D eigenvalue weighted by molar-refractivity contribution is -0.0567. The van der Waals surface area contributed by atoms with E-state index in [1.54, 1.807) is 24.3 Å². The van der Waals surface area contributed by atoms with Crippen LogP contribution in [0.15, 0.2) is 77.8 Å². The van der Waals surface area contributed by atoms with Crippen LogP contribution >= 0.6 is 11.6 Å². The van der Waals surface area contributed by atoms with Crippen molar-refractivity contribution in [2.24, 2.45) is 4.99 Å². The first-order chi connectivity index (χ1) is 15.9. The summed E-state index contributed by atoms with van der Waals surface area (Å²) < 4.78 is 6.10. The van der Waals surface area contributed by atoms with Gasteiger partial charge in [-0.05, 0) is 67.8 Å². The Balaban J connectivity index is 1.71. The van der Waals surface area contributed by atoms with Crippen molar-refractivity contribution in [3.63, 3.8) is 0 Å². The number of ether oxygens (including phenoxy) is 1. The van der Waals surface area contributed by atoms with Crippen LogP contribution in [0.3, 0.4) is 0 Å². The molecule has 0 saturated heterocycles. The number of benzene rings is 3. The molecule has 3 aromatic rings. The zero-order chi connectivity index (χ0) is 23.4. The Kier molecular flexibility index (Phi) is 6.55. The van der Waals surface area contributed by atoms with Crippen LogP contribution in [0.25, 0.3) is 0 Å². The van der Waals surface area contributed by atoms with Crippen LogP contribution in [0.5, 0.6) is 5.75 Å². The Morgan fingerprint density at radius 3 is 2.52 bits per heavy atom. The van der Waals surface area contributed by atoms with Crippen molar-refractivity contribution in [2.45, 2.75) is 38.0 Å². The molecular weight excluding hydrogens is 436 g/mol. The van der Waals surface area contributed by atoms with Gasteiger partial charge in [-0.2, -0.15) is 5.26 Å². The maximum atomic E-state index is 11.2. The molecule has 0 aromatic heterocycles. The number of nitriles is 1. The average molecular weight is 461 g/mol. The number of hydrogen-bond donors (Lipinski definition) is 3. The number of fused-ring (bicyclic) bond motifs is 1. The molecule has 0 radical (unpaired) electrons. The molecule has 0 saturated carbocycles. The Hall–Kier alpha value is -3.53. The highest BCUT2D eigenvalue weighted by molar-refractivity contribution is 6.30. The summed E-state index contributed by atoms with van der Waals surface area (Å²) in [5.41, 5.74) is 2.88. The molecule has 0 fully saturated rings. The van der Waals surface area contributed by atoms with E-state index in [-0.39, 0.29) is 5.96 Å². The molecule has 2 atom stereocenters. The quantitative estimate of drug-likeness (QED) is 0.219. The molecule has 33 heavy (non-hydrogen) atoms. The highest BCUT2D eigenvalue weighted by atomic mass is 35.5. The molecule has 4 rings (SSSR count). The van der Waals surface area contributed by atoms with E-state index in [1.165, 1.54) is 5.56 Å². The lowest BCUT2D eigenvalue weighted by atomic mass is 9.86. The zero-order valence-electron chi connectivity index (χ0n) is 18.4. The van der Waals surface area contributed by atoms with Crippen molar-refractivity contribution < 1.29 is 9.84 Å². The number of hydrogen-bond acceptors (Lipinski definition) is 4. The fraction of sp³-hybridized carbons (Fsp3) is 0.231. The van der Waals surface area contributed by atoms with Gasteiger partial charge in [0, 0.05) is 16.3 Å². The average Bonchev–Trinajstić information content (AvgIpc) is 2.79. The molecule has 6 nitrogen and oxygen atoms in total. The van der Waals surface area contributed by atoms with Gasteiger partial charge in [0.1, 0.15) is 23.5 Å². The number of aliphatic hydroxyl groups is 1. The molecule has 7 heteroatoms. The van der Waals surface area contributed by atoms with E-state index in [9.17, 15) is 10.4 Å². The van der Waals surface area contributed by atoms with Gasteiger partial charge in [0.2, 0.25) is 5.96 Å². The number of aliphatic hydroxyl groups excluding tert-OH is 1. The van der Waals surface area contributed by atoms with Crippen LogP contribution in [0, 0.1) is 11.5 Å². The molecule has 3 N–H and O–H groups in total. The third-order valence-electron chi connectivity index (χ3n) is 5.58. The number of nitrogens with zero attached hydrogens (tertiary/aromatic N) is 2. The molecule has 0 amide bonds. The second-order valence-electron chi connectivity index (χ2n) is 8.48. The van der Waals surface area contributed by atoms with E-state index in [1.807, 2.05) is 56.4 Å². The summed E-state index contributed by atoms with van der Waals surface area (Å²) in [5.74, 6) is 0.889. The monoisotopic (exact) mass is 460 g/mol. The Morgan fingerprint density at radius 1 is 1.09 bits per heavy atom. The summed E-state index contributed by atoms with van der Waals surface area (Å²) in [6.45, 7) is 3.65. The highest BCUT2D eigenvalue weighted by Gasteiger charge is 2.43. The van der Waals surface area contributed by atoms with Gasteiger partial charge >= 0.3 is 0 Å². The van der Waals surface area contributed by atoms with E-state index in [0.717, 1.165) is 17.5 Å². The number of nitrogens with one attached hydrogen (secondary N) is 2. The maximum absolute atomic E-state index is 11.2. The van der Waals surface area contributed by atoms with Gasteiger partial charge in [0.15, 0.2) is 6.19 Å².